The highest BCUT2D eigenvalue weighted by atomic mass is 19.1. The number of halogens is 1. The Bertz CT molecular complexity index is 657. The molecule has 2 heterocycles. The number of anilines is 2. The minimum Gasteiger partial charge on any atom is -0.362 e. The van der Waals surface area contributed by atoms with Crippen molar-refractivity contribution in [3.8, 4) is 0 Å². The number of aryl methyl sites for hydroxylation is 1. The molecular formula is C16H22FN4O+. The number of piperazine rings is 1. The average Bonchev–Trinajstić information content (AvgIpc) is 2.89. The van der Waals surface area contributed by atoms with E-state index in [4.69, 9.17) is 4.52 Å². The molecule has 0 aliphatic carbocycles. The van der Waals surface area contributed by atoms with Gasteiger partial charge in [-0.3, -0.25) is 10.2 Å². The molecule has 0 radical (unpaired) electrons. The lowest BCUT2D eigenvalue weighted by Crippen LogP contribution is -2.59. The van der Waals surface area contributed by atoms with Gasteiger partial charge < -0.3 is 9.42 Å². The molecule has 0 spiro atoms. The van der Waals surface area contributed by atoms with Crippen molar-refractivity contribution in [2.45, 2.75) is 13.1 Å². The Labute approximate surface area is 129 Å². The minimum atomic E-state index is -0.180. The summed E-state index contributed by atoms with van der Waals surface area (Å²) in [4.78, 5) is 4.30. The molecule has 1 unspecified atom stereocenters. The zero-order valence-corrected chi connectivity index (χ0v) is 13.2. The predicted molar refractivity (Wildman–Crippen MR) is 83.5 cm³/mol. The number of likely N-dealkylation sites (N-methyl/N-ethyl adjacent to an activating group) is 1. The largest absolute Gasteiger partial charge is 0.362 e. The van der Waals surface area contributed by atoms with Gasteiger partial charge in [0.2, 0.25) is 6.17 Å². The molecule has 6 heteroatoms. The number of nitrogens with one attached hydrogen (secondary N) is 1. The second kappa shape index (κ2) is 5.96. The Morgan fingerprint density at radius 2 is 2.09 bits per heavy atom. The van der Waals surface area contributed by atoms with Gasteiger partial charge in [0.15, 0.2) is 5.76 Å². The van der Waals surface area contributed by atoms with Crippen molar-refractivity contribution >= 4 is 11.5 Å². The summed E-state index contributed by atoms with van der Waals surface area (Å²) in [5.74, 6) is 1.59. The van der Waals surface area contributed by atoms with Crippen LogP contribution in [0.3, 0.4) is 0 Å². The maximum atomic E-state index is 14.1. The van der Waals surface area contributed by atoms with Crippen LogP contribution in [0.2, 0.25) is 0 Å². The highest BCUT2D eigenvalue weighted by molar-refractivity contribution is 5.48. The first-order valence-corrected chi connectivity index (χ1v) is 7.50. The van der Waals surface area contributed by atoms with Crippen LogP contribution in [0.5, 0.6) is 0 Å². The number of rotatable bonds is 3. The van der Waals surface area contributed by atoms with Gasteiger partial charge in [0, 0.05) is 13.1 Å². The van der Waals surface area contributed by atoms with Crippen LogP contribution >= 0.6 is 0 Å². The number of aromatic nitrogens is 1. The van der Waals surface area contributed by atoms with Gasteiger partial charge in [-0.05, 0) is 26.1 Å². The Balaban J connectivity index is 1.89. The summed E-state index contributed by atoms with van der Waals surface area (Å²) >= 11 is 0. The van der Waals surface area contributed by atoms with Crippen LogP contribution in [-0.2, 0) is 0 Å². The zero-order valence-electron chi connectivity index (χ0n) is 13.2. The summed E-state index contributed by atoms with van der Waals surface area (Å²) in [6, 6.07) is 8.89. The Hall–Kier alpha value is -2.08. The van der Waals surface area contributed by atoms with Crippen LogP contribution in [0.1, 0.15) is 11.9 Å². The summed E-state index contributed by atoms with van der Waals surface area (Å²) in [5.41, 5.74) is 0.649. The number of benzene rings is 1. The van der Waals surface area contributed by atoms with Gasteiger partial charge in [0.1, 0.15) is 5.82 Å². The molecule has 0 amide bonds. The van der Waals surface area contributed by atoms with Crippen molar-refractivity contribution in [1.29, 1.82) is 0 Å². The van der Waals surface area contributed by atoms with E-state index in [9.17, 15) is 4.39 Å². The molecule has 2 aromatic rings. The fourth-order valence-electron chi connectivity index (χ4n) is 2.93. The molecule has 1 fully saturated rings. The van der Waals surface area contributed by atoms with Gasteiger partial charge in [0.25, 0.3) is 0 Å². The molecule has 0 saturated carbocycles. The molecule has 1 aliphatic rings. The fraction of sp³-hybridized carbons (Fsp3) is 0.438. The number of hydrogen-bond donors (Lipinski definition) is 1. The van der Waals surface area contributed by atoms with Gasteiger partial charge in [-0.1, -0.05) is 16.9 Å². The summed E-state index contributed by atoms with van der Waals surface area (Å²) in [6.45, 7) is 4.23. The number of hydrogen-bond acceptors (Lipinski definition) is 4. The normalized spacial score (nSPS) is 19.5. The van der Waals surface area contributed by atoms with Crippen LogP contribution < -0.4 is 15.0 Å². The molecule has 1 aliphatic heterocycles. The highest BCUT2D eigenvalue weighted by Crippen LogP contribution is 2.24. The summed E-state index contributed by atoms with van der Waals surface area (Å²) in [7, 11) is 3.94. The van der Waals surface area contributed by atoms with Crippen molar-refractivity contribution in [2.75, 3.05) is 43.9 Å². The molecule has 1 aromatic heterocycles. The van der Waals surface area contributed by atoms with Gasteiger partial charge in [-0.2, -0.15) is 0 Å². The maximum Gasteiger partial charge on any atom is 0.314 e. The SMILES string of the molecule is CNc1cc(C)o[n+]1C1CN(c2ccccc2F)CCN1C. The van der Waals surface area contributed by atoms with Crippen LogP contribution in [0.15, 0.2) is 34.9 Å². The summed E-state index contributed by atoms with van der Waals surface area (Å²) < 4.78 is 21.7. The third-order valence-electron chi connectivity index (χ3n) is 4.15. The molecule has 5 nitrogen and oxygen atoms in total. The third kappa shape index (κ3) is 2.66. The molecule has 1 atom stereocenters. The standard InChI is InChI=1S/C16H21FN4O/c1-12-10-15(18-2)21(22-12)16-11-20(9-8-19(16)3)14-7-5-4-6-13(14)17/h4-7,10,16H,8-9,11H2,1-3H3/p+1. The summed E-state index contributed by atoms with van der Waals surface area (Å²) in [6.07, 6.45) is 0.0181. The Morgan fingerprint density at radius 1 is 1.32 bits per heavy atom. The Kier molecular flexibility index (Phi) is 4.02. The lowest BCUT2D eigenvalue weighted by molar-refractivity contribution is -0.884. The van der Waals surface area contributed by atoms with E-state index < -0.39 is 0 Å². The van der Waals surface area contributed by atoms with Crippen LogP contribution in [0.25, 0.3) is 0 Å². The number of para-hydroxylation sites is 1. The van der Waals surface area contributed by atoms with E-state index in [1.807, 2.05) is 36.9 Å². The predicted octanol–water partition coefficient (Wildman–Crippen LogP) is 2.01. The topological polar surface area (TPSA) is 35.5 Å². The third-order valence-corrected chi connectivity index (χ3v) is 4.15. The van der Waals surface area contributed by atoms with Crippen LogP contribution in [0.4, 0.5) is 15.9 Å². The minimum absolute atomic E-state index is 0.0181. The van der Waals surface area contributed by atoms with E-state index in [1.165, 1.54) is 6.07 Å². The summed E-state index contributed by atoms with van der Waals surface area (Å²) in [5, 5.41) is 3.15. The second-order valence-corrected chi connectivity index (χ2v) is 5.67. The fourth-order valence-corrected chi connectivity index (χ4v) is 2.93. The van der Waals surface area contributed by atoms with E-state index in [1.54, 1.807) is 6.07 Å². The van der Waals surface area contributed by atoms with E-state index in [2.05, 4.69) is 22.2 Å². The monoisotopic (exact) mass is 305 g/mol. The molecule has 1 N–H and O–H groups in total. The van der Waals surface area contributed by atoms with Gasteiger partial charge in [-0.15, -0.1) is 0 Å². The Morgan fingerprint density at radius 3 is 2.82 bits per heavy atom. The first kappa shape index (κ1) is 14.8. The molecule has 1 aromatic carbocycles. The van der Waals surface area contributed by atoms with E-state index in [0.29, 0.717) is 12.2 Å². The molecule has 1 saturated heterocycles. The first-order chi connectivity index (χ1) is 10.6. The van der Waals surface area contributed by atoms with Crippen molar-refractivity contribution in [3.05, 3.63) is 41.9 Å². The van der Waals surface area contributed by atoms with Crippen molar-refractivity contribution < 1.29 is 13.7 Å². The van der Waals surface area contributed by atoms with Gasteiger partial charge in [-0.25, -0.2) is 4.39 Å². The number of nitrogens with zero attached hydrogens (tertiary/aromatic N) is 3. The van der Waals surface area contributed by atoms with Crippen LogP contribution in [-0.4, -0.2) is 38.6 Å². The smallest absolute Gasteiger partial charge is 0.314 e. The van der Waals surface area contributed by atoms with E-state index >= 15 is 0 Å². The van der Waals surface area contributed by atoms with Crippen LogP contribution in [0, 0.1) is 12.7 Å². The van der Waals surface area contributed by atoms with E-state index in [0.717, 1.165) is 24.7 Å². The van der Waals surface area contributed by atoms with Crippen molar-refractivity contribution in [1.82, 2.24) is 4.90 Å². The average molecular weight is 305 g/mol. The molecule has 0 bridgehead atoms. The first-order valence-electron chi connectivity index (χ1n) is 7.50. The molecule has 22 heavy (non-hydrogen) atoms. The zero-order chi connectivity index (χ0) is 15.7. The second-order valence-electron chi connectivity index (χ2n) is 5.67. The molecule has 3 rings (SSSR count). The quantitative estimate of drug-likeness (QED) is 0.880. The lowest BCUT2D eigenvalue weighted by Gasteiger charge is -2.37. The van der Waals surface area contributed by atoms with Crippen molar-refractivity contribution in [2.24, 2.45) is 0 Å². The molecular weight excluding hydrogens is 283 g/mol. The van der Waals surface area contributed by atoms with E-state index in [-0.39, 0.29) is 12.0 Å². The lowest BCUT2D eigenvalue weighted by atomic mass is 10.2. The van der Waals surface area contributed by atoms with Gasteiger partial charge >= 0.3 is 5.82 Å². The maximum absolute atomic E-state index is 14.1. The highest BCUT2D eigenvalue weighted by Gasteiger charge is 2.34. The molecule has 118 valence electrons. The van der Waals surface area contributed by atoms with Crippen molar-refractivity contribution in [3.63, 3.8) is 0 Å². The van der Waals surface area contributed by atoms with Gasteiger partial charge in [0.05, 0.1) is 25.3 Å².